The molecule has 0 radical (unpaired) electrons. The molecule has 0 spiro atoms. The van der Waals surface area contributed by atoms with Crippen molar-refractivity contribution in [1.82, 2.24) is 5.32 Å². The number of rotatable bonds is 1. The predicted molar refractivity (Wildman–Crippen MR) is 134 cm³/mol. The fourth-order valence-corrected chi connectivity index (χ4v) is 2.61. The predicted octanol–water partition coefficient (Wildman–Crippen LogP) is 6.11. The van der Waals surface area contributed by atoms with E-state index in [4.69, 9.17) is 5.11 Å². The molecule has 2 N–H and O–H groups in total. The smallest absolute Gasteiger partial charge is 0.462 e. The molecule has 7 heteroatoms. The standard InChI is InChI=1S/C10H13NO6.4C4H10/c12-8(13)10(15)17-16-9(14)7-6-3-1-2-5(6)4-11-7;4*1-4(2)3/h5-7,11H,1-4H2,(H,12,13);4*4H,1-3H3. The highest BCUT2D eigenvalue weighted by Gasteiger charge is 2.44. The van der Waals surface area contributed by atoms with Gasteiger partial charge in [0.15, 0.2) is 0 Å². The van der Waals surface area contributed by atoms with Gasteiger partial charge in [-0.3, -0.25) is 0 Å². The Kier molecular flexibility index (Phi) is 22.8. The number of nitrogens with one attached hydrogen (secondary N) is 1. The van der Waals surface area contributed by atoms with E-state index < -0.39 is 23.9 Å². The molecular weight excluding hydrogens is 422 g/mol. The SMILES string of the molecule is CC(C)C.CC(C)C.CC(C)C.CC(C)C.O=C(O)C(=O)OOC(=O)C1NCC2CCCC21. The van der Waals surface area contributed by atoms with E-state index in [0.717, 1.165) is 49.5 Å². The zero-order valence-corrected chi connectivity index (χ0v) is 23.4. The number of fused-ring (bicyclic) bond motifs is 1. The molecule has 1 saturated heterocycles. The Morgan fingerprint density at radius 2 is 1.12 bits per heavy atom. The molecule has 1 aliphatic carbocycles. The van der Waals surface area contributed by atoms with Crippen LogP contribution in [0.1, 0.15) is 102 Å². The van der Waals surface area contributed by atoms with Crippen LogP contribution in [0.25, 0.3) is 0 Å². The van der Waals surface area contributed by atoms with E-state index in [2.05, 4.69) is 98.2 Å². The highest BCUT2D eigenvalue weighted by molar-refractivity contribution is 6.28. The van der Waals surface area contributed by atoms with Gasteiger partial charge in [-0.05, 0) is 54.9 Å². The van der Waals surface area contributed by atoms with Crippen LogP contribution < -0.4 is 5.32 Å². The zero-order chi connectivity index (χ0) is 26.7. The molecule has 0 amide bonds. The second kappa shape index (κ2) is 20.9. The monoisotopic (exact) mass is 475 g/mol. The number of hydrogen-bond donors (Lipinski definition) is 2. The van der Waals surface area contributed by atoms with Crippen LogP contribution in [-0.2, 0) is 24.2 Å². The number of carboxylic acid groups (broad SMARTS) is 1. The van der Waals surface area contributed by atoms with Crippen molar-refractivity contribution in [2.24, 2.45) is 35.5 Å². The number of carboxylic acids is 1. The summed E-state index contributed by atoms with van der Waals surface area (Å²) >= 11 is 0. The van der Waals surface area contributed by atoms with Gasteiger partial charge in [0.1, 0.15) is 6.04 Å². The summed E-state index contributed by atoms with van der Waals surface area (Å²) < 4.78 is 0. The molecule has 198 valence electrons. The van der Waals surface area contributed by atoms with Crippen LogP contribution in [0.5, 0.6) is 0 Å². The van der Waals surface area contributed by atoms with E-state index in [0.29, 0.717) is 5.92 Å². The molecule has 3 atom stereocenters. The first-order valence-electron chi connectivity index (χ1n) is 12.4. The molecule has 0 aromatic heterocycles. The maximum Gasteiger partial charge on any atom is 0.462 e. The minimum Gasteiger partial charge on any atom is -0.473 e. The molecule has 0 aromatic rings. The van der Waals surface area contributed by atoms with Crippen molar-refractivity contribution >= 4 is 17.9 Å². The van der Waals surface area contributed by atoms with Gasteiger partial charge in [-0.25, -0.2) is 24.2 Å². The molecule has 1 heterocycles. The van der Waals surface area contributed by atoms with Gasteiger partial charge in [0, 0.05) is 0 Å². The van der Waals surface area contributed by atoms with Crippen molar-refractivity contribution in [1.29, 1.82) is 0 Å². The van der Waals surface area contributed by atoms with Gasteiger partial charge < -0.3 is 10.4 Å². The van der Waals surface area contributed by atoms with Crippen molar-refractivity contribution in [3.05, 3.63) is 0 Å². The fourth-order valence-electron chi connectivity index (χ4n) is 2.61. The number of carbonyl (C=O) groups excluding carboxylic acids is 2. The topological polar surface area (TPSA) is 102 Å². The second-order valence-electron chi connectivity index (χ2n) is 11.2. The van der Waals surface area contributed by atoms with E-state index in [1.54, 1.807) is 0 Å². The molecule has 33 heavy (non-hydrogen) atoms. The van der Waals surface area contributed by atoms with Gasteiger partial charge in [0.25, 0.3) is 0 Å². The molecule has 1 saturated carbocycles. The Bertz CT molecular complexity index is 482. The Morgan fingerprint density at radius 1 is 0.727 bits per heavy atom. The van der Waals surface area contributed by atoms with Crippen LogP contribution in [-0.4, -0.2) is 35.6 Å². The van der Waals surface area contributed by atoms with E-state index in [1.807, 2.05) is 0 Å². The molecule has 2 rings (SSSR count). The largest absolute Gasteiger partial charge is 0.473 e. The number of hydrogen-bond acceptors (Lipinski definition) is 6. The lowest BCUT2D eigenvalue weighted by Gasteiger charge is -2.14. The highest BCUT2D eigenvalue weighted by atomic mass is 17.2. The lowest BCUT2D eigenvalue weighted by atomic mass is 9.94. The summed E-state index contributed by atoms with van der Waals surface area (Å²) in [6.45, 7) is 26.7. The van der Waals surface area contributed by atoms with Gasteiger partial charge in [0.05, 0.1) is 0 Å². The van der Waals surface area contributed by atoms with E-state index >= 15 is 0 Å². The molecule has 7 nitrogen and oxygen atoms in total. The Balaban J connectivity index is -0.000000462. The Labute approximate surface area is 203 Å². The molecular formula is C26H53NO6. The average molecular weight is 476 g/mol. The molecule has 0 bridgehead atoms. The summed E-state index contributed by atoms with van der Waals surface area (Å²) in [5, 5.41) is 11.2. The van der Waals surface area contributed by atoms with Gasteiger partial charge in [-0.15, -0.1) is 0 Å². The quantitative estimate of drug-likeness (QED) is 0.268. The maximum atomic E-state index is 11.6. The minimum absolute atomic E-state index is 0.200. The Morgan fingerprint density at radius 3 is 1.48 bits per heavy atom. The summed E-state index contributed by atoms with van der Waals surface area (Å²) in [5.74, 6) is -0.127. The summed E-state index contributed by atoms with van der Waals surface area (Å²) in [4.78, 5) is 40.4. The fraction of sp³-hybridized carbons (Fsp3) is 0.885. The molecule has 2 fully saturated rings. The third-order valence-electron chi connectivity index (χ3n) is 3.37. The second-order valence-corrected chi connectivity index (χ2v) is 11.2. The minimum atomic E-state index is -1.80. The van der Waals surface area contributed by atoms with Crippen LogP contribution in [0.15, 0.2) is 0 Å². The first kappa shape index (κ1) is 35.9. The van der Waals surface area contributed by atoms with Crippen LogP contribution in [0.3, 0.4) is 0 Å². The van der Waals surface area contributed by atoms with Crippen LogP contribution in [0, 0.1) is 35.5 Å². The normalized spacial score (nSPS) is 20.2. The molecule has 1 aliphatic heterocycles. The van der Waals surface area contributed by atoms with E-state index in [9.17, 15) is 14.4 Å². The first-order chi connectivity index (χ1) is 15.0. The Hall–Kier alpha value is -1.63. The van der Waals surface area contributed by atoms with Crippen molar-refractivity contribution < 1.29 is 29.3 Å². The van der Waals surface area contributed by atoms with Crippen LogP contribution >= 0.6 is 0 Å². The van der Waals surface area contributed by atoms with Gasteiger partial charge in [0.2, 0.25) is 0 Å². The van der Waals surface area contributed by atoms with Crippen LogP contribution in [0.2, 0.25) is 0 Å². The lowest BCUT2D eigenvalue weighted by Crippen LogP contribution is -2.37. The maximum absolute atomic E-state index is 11.6. The average Bonchev–Trinajstić information content (AvgIpc) is 3.20. The summed E-state index contributed by atoms with van der Waals surface area (Å²) in [7, 11) is 0. The lowest BCUT2D eigenvalue weighted by molar-refractivity contribution is -0.260. The number of aliphatic carboxylic acids is 1. The van der Waals surface area contributed by atoms with Crippen LogP contribution in [0.4, 0.5) is 0 Å². The molecule has 3 unspecified atom stereocenters. The first-order valence-corrected chi connectivity index (χ1v) is 12.4. The third kappa shape index (κ3) is 26.5. The van der Waals surface area contributed by atoms with Gasteiger partial charge >= 0.3 is 17.9 Å². The van der Waals surface area contributed by atoms with Crippen molar-refractivity contribution in [2.45, 2.75) is 108 Å². The summed E-state index contributed by atoms with van der Waals surface area (Å²) in [5.41, 5.74) is 0. The zero-order valence-electron chi connectivity index (χ0n) is 23.4. The summed E-state index contributed by atoms with van der Waals surface area (Å²) in [6, 6.07) is -0.496. The highest BCUT2D eigenvalue weighted by Crippen LogP contribution is 2.37. The van der Waals surface area contributed by atoms with Gasteiger partial charge in [-0.1, -0.05) is 89.5 Å². The molecule has 2 aliphatic rings. The summed E-state index contributed by atoms with van der Waals surface area (Å²) in [6.07, 6.45) is 3.09. The van der Waals surface area contributed by atoms with E-state index in [1.165, 1.54) is 0 Å². The third-order valence-corrected chi connectivity index (χ3v) is 3.37. The van der Waals surface area contributed by atoms with Crippen molar-refractivity contribution in [3.63, 3.8) is 0 Å². The molecule has 0 aromatic carbocycles. The van der Waals surface area contributed by atoms with Crippen molar-refractivity contribution in [3.8, 4) is 0 Å². The van der Waals surface area contributed by atoms with Gasteiger partial charge in [-0.2, -0.15) is 0 Å². The van der Waals surface area contributed by atoms with E-state index in [-0.39, 0.29) is 5.92 Å². The number of carbonyl (C=O) groups is 3. The van der Waals surface area contributed by atoms with Crippen molar-refractivity contribution in [2.75, 3.05) is 6.54 Å².